The second-order valence-electron chi connectivity index (χ2n) is 5.15. The molecule has 2 nitrogen and oxygen atoms in total. The van der Waals surface area contributed by atoms with Gasteiger partial charge < -0.3 is 9.84 Å². The predicted molar refractivity (Wildman–Crippen MR) is 60.4 cm³/mol. The molecular formula is C12H26O2. The number of hydrogen-bond donors (Lipinski definition) is 1. The van der Waals surface area contributed by atoms with Crippen LogP contribution in [0, 0.1) is 5.92 Å². The summed E-state index contributed by atoms with van der Waals surface area (Å²) in [5.41, 5.74) is -0.197. The predicted octanol–water partition coefficient (Wildman–Crippen LogP) is 2.99. The van der Waals surface area contributed by atoms with Crippen LogP contribution < -0.4 is 0 Å². The van der Waals surface area contributed by atoms with E-state index in [2.05, 4.69) is 13.8 Å². The lowest BCUT2D eigenvalue weighted by Crippen LogP contribution is -2.28. The van der Waals surface area contributed by atoms with Crippen LogP contribution in [0.4, 0.5) is 0 Å². The molecule has 1 N–H and O–H groups in total. The van der Waals surface area contributed by atoms with Crippen molar-refractivity contribution in [3.05, 3.63) is 0 Å². The summed E-state index contributed by atoms with van der Waals surface area (Å²) in [5.74, 6) is 0.734. The molecule has 0 aromatic carbocycles. The molecule has 1 atom stereocenters. The van der Waals surface area contributed by atoms with Gasteiger partial charge in [0.15, 0.2) is 0 Å². The van der Waals surface area contributed by atoms with Gasteiger partial charge in [-0.05, 0) is 26.2 Å². The van der Waals surface area contributed by atoms with Crippen LogP contribution in [0.5, 0.6) is 0 Å². The summed E-state index contributed by atoms with van der Waals surface area (Å²) in [7, 11) is 1.70. The zero-order valence-corrected chi connectivity index (χ0v) is 10.3. The van der Waals surface area contributed by atoms with E-state index < -0.39 is 0 Å². The maximum atomic E-state index is 9.75. The highest BCUT2D eigenvalue weighted by atomic mass is 16.5. The Morgan fingerprint density at radius 1 is 1.21 bits per heavy atom. The lowest BCUT2D eigenvalue weighted by atomic mass is 9.96. The van der Waals surface area contributed by atoms with Crippen molar-refractivity contribution in [1.29, 1.82) is 0 Å². The molecule has 0 heterocycles. The fourth-order valence-corrected chi connectivity index (χ4v) is 1.51. The van der Waals surface area contributed by atoms with Crippen molar-refractivity contribution in [3.8, 4) is 0 Å². The largest absolute Gasteiger partial charge is 0.393 e. The molecule has 0 bridgehead atoms. The van der Waals surface area contributed by atoms with Gasteiger partial charge in [-0.15, -0.1) is 0 Å². The van der Waals surface area contributed by atoms with Crippen LogP contribution in [-0.2, 0) is 4.74 Å². The van der Waals surface area contributed by atoms with E-state index in [0.717, 1.165) is 25.2 Å². The van der Waals surface area contributed by atoms with E-state index in [4.69, 9.17) is 4.74 Å². The van der Waals surface area contributed by atoms with Crippen molar-refractivity contribution in [2.24, 2.45) is 5.92 Å². The van der Waals surface area contributed by atoms with Crippen molar-refractivity contribution in [2.45, 2.75) is 65.1 Å². The highest BCUT2D eigenvalue weighted by Gasteiger charge is 2.20. The van der Waals surface area contributed by atoms with Crippen molar-refractivity contribution in [2.75, 3.05) is 7.11 Å². The Hall–Kier alpha value is -0.0800. The lowest BCUT2D eigenvalue weighted by molar-refractivity contribution is -0.0216. The molecule has 0 rings (SSSR count). The van der Waals surface area contributed by atoms with Crippen LogP contribution >= 0.6 is 0 Å². The second kappa shape index (κ2) is 6.41. The molecule has 86 valence electrons. The standard InChI is InChI=1S/C12H26O2/c1-10(2)7-6-8-11(13)9-12(3,4)14-5/h10-11,13H,6-9H2,1-5H3. The molecule has 0 aromatic heterocycles. The minimum Gasteiger partial charge on any atom is -0.393 e. The Balaban J connectivity index is 3.60. The Morgan fingerprint density at radius 3 is 2.21 bits per heavy atom. The number of aliphatic hydroxyl groups excluding tert-OH is 1. The third kappa shape index (κ3) is 7.34. The van der Waals surface area contributed by atoms with Gasteiger partial charge in [0, 0.05) is 13.5 Å². The Labute approximate surface area is 88.7 Å². The number of methoxy groups -OCH3 is 1. The maximum absolute atomic E-state index is 9.75. The molecule has 0 aliphatic heterocycles. The number of aliphatic hydroxyl groups is 1. The Morgan fingerprint density at radius 2 is 1.79 bits per heavy atom. The maximum Gasteiger partial charge on any atom is 0.0647 e. The molecule has 0 spiro atoms. The van der Waals surface area contributed by atoms with Gasteiger partial charge in [0.05, 0.1) is 11.7 Å². The molecular weight excluding hydrogens is 176 g/mol. The van der Waals surface area contributed by atoms with E-state index in [9.17, 15) is 5.11 Å². The molecule has 0 aliphatic rings. The molecule has 0 saturated heterocycles. The van der Waals surface area contributed by atoms with Gasteiger partial charge in [-0.1, -0.05) is 26.7 Å². The number of hydrogen-bond acceptors (Lipinski definition) is 2. The Bertz CT molecular complexity index is 141. The zero-order valence-electron chi connectivity index (χ0n) is 10.3. The van der Waals surface area contributed by atoms with Gasteiger partial charge >= 0.3 is 0 Å². The van der Waals surface area contributed by atoms with Crippen LogP contribution in [0.1, 0.15) is 53.4 Å². The van der Waals surface area contributed by atoms with E-state index in [1.165, 1.54) is 6.42 Å². The summed E-state index contributed by atoms with van der Waals surface area (Å²) < 4.78 is 5.28. The van der Waals surface area contributed by atoms with Gasteiger partial charge in [0.1, 0.15) is 0 Å². The summed E-state index contributed by atoms with van der Waals surface area (Å²) >= 11 is 0. The average Bonchev–Trinajstić information content (AvgIpc) is 2.02. The average molecular weight is 202 g/mol. The van der Waals surface area contributed by atoms with E-state index in [1.807, 2.05) is 13.8 Å². The molecule has 0 fully saturated rings. The summed E-state index contributed by atoms with van der Waals surface area (Å²) in [6, 6.07) is 0. The van der Waals surface area contributed by atoms with Crippen molar-refractivity contribution in [1.82, 2.24) is 0 Å². The molecule has 0 aromatic rings. The van der Waals surface area contributed by atoms with E-state index >= 15 is 0 Å². The van der Waals surface area contributed by atoms with Crippen LogP contribution in [0.3, 0.4) is 0 Å². The zero-order chi connectivity index (χ0) is 11.2. The first-order valence-electron chi connectivity index (χ1n) is 5.60. The minimum absolute atomic E-state index is 0.197. The molecule has 1 unspecified atom stereocenters. The van der Waals surface area contributed by atoms with Crippen molar-refractivity contribution < 1.29 is 9.84 Å². The lowest BCUT2D eigenvalue weighted by Gasteiger charge is -2.25. The molecule has 14 heavy (non-hydrogen) atoms. The second-order valence-corrected chi connectivity index (χ2v) is 5.15. The summed E-state index contributed by atoms with van der Waals surface area (Å²) in [4.78, 5) is 0. The summed E-state index contributed by atoms with van der Waals surface area (Å²) in [6.07, 6.45) is 3.71. The van der Waals surface area contributed by atoms with Gasteiger partial charge in [-0.25, -0.2) is 0 Å². The van der Waals surface area contributed by atoms with Gasteiger partial charge in [0.2, 0.25) is 0 Å². The highest BCUT2D eigenvalue weighted by Crippen LogP contribution is 2.19. The van der Waals surface area contributed by atoms with E-state index in [-0.39, 0.29) is 11.7 Å². The van der Waals surface area contributed by atoms with Crippen LogP contribution in [-0.4, -0.2) is 23.9 Å². The number of ether oxygens (including phenoxy) is 1. The third-order valence-corrected chi connectivity index (χ3v) is 2.60. The van der Waals surface area contributed by atoms with Crippen molar-refractivity contribution >= 4 is 0 Å². The quantitative estimate of drug-likeness (QED) is 0.687. The smallest absolute Gasteiger partial charge is 0.0647 e. The highest BCUT2D eigenvalue weighted by molar-refractivity contribution is 4.73. The number of rotatable bonds is 7. The van der Waals surface area contributed by atoms with E-state index in [0.29, 0.717) is 0 Å². The topological polar surface area (TPSA) is 29.5 Å². The Kier molecular flexibility index (Phi) is 6.38. The fourth-order valence-electron chi connectivity index (χ4n) is 1.51. The van der Waals surface area contributed by atoms with Crippen LogP contribution in [0.15, 0.2) is 0 Å². The van der Waals surface area contributed by atoms with E-state index in [1.54, 1.807) is 7.11 Å². The normalized spacial score (nSPS) is 14.8. The van der Waals surface area contributed by atoms with Gasteiger partial charge in [-0.2, -0.15) is 0 Å². The first kappa shape index (κ1) is 13.9. The molecule has 0 amide bonds. The van der Waals surface area contributed by atoms with Gasteiger partial charge in [0.25, 0.3) is 0 Å². The summed E-state index contributed by atoms with van der Waals surface area (Å²) in [6.45, 7) is 8.45. The van der Waals surface area contributed by atoms with Gasteiger partial charge in [-0.3, -0.25) is 0 Å². The SMILES string of the molecule is COC(C)(C)CC(O)CCCC(C)C. The van der Waals surface area contributed by atoms with Crippen LogP contribution in [0.2, 0.25) is 0 Å². The molecule has 0 aliphatic carbocycles. The monoisotopic (exact) mass is 202 g/mol. The molecule has 2 heteroatoms. The third-order valence-electron chi connectivity index (χ3n) is 2.60. The fraction of sp³-hybridized carbons (Fsp3) is 1.00. The molecule has 0 saturated carbocycles. The molecule has 0 radical (unpaired) electrons. The van der Waals surface area contributed by atoms with Crippen molar-refractivity contribution in [3.63, 3.8) is 0 Å². The minimum atomic E-state index is -0.219. The summed E-state index contributed by atoms with van der Waals surface area (Å²) in [5, 5.41) is 9.75. The van der Waals surface area contributed by atoms with Crippen LogP contribution in [0.25, 0.3) is 0 Å². The first-order chi connectivity index (χ1) is 6.37. The first-order valence-corrected chi connectivity index (χ1v) is 5.60.